The number of unbranched alkanes of at least 4 members (excludes halogenated alkanes) is 1. The Hall–Kier alpha value is -6.09. The van der Waals surface area contributed by atoms with Gasteiger partial charge in [-0.05, 0) is 48.6 Å². The number of amides is 7. The second kappa shape index (κ2) is 26.0. The number of benzene rings is 1. The summed E-state index contributed by atoms with van der Waals surface area (Å²) in [5.41, 5.74) is 5.34. The molecule has 1 aromatic rings. The standard InChI is InChI=1S/C43H64F3N7O12/c1-9-10-15-26(34(59)36(47)60)49-38(62)28(18-22(2)3)52-41(65)35(42(6,7)8)53-40(64)29(20-25-14-12-11-13-23(25)4)51-37(61)27(16-17-32(55)56)50-39(63)30(21-33(57)58)48-31(54)19-24(5)43(44,45)46/h11-14,22,24,26-30,35H,9-10,15-21H2,1-8H3,(H2,47,60)(H,48,54)(H,49,62)(H,50,63)(H,51,61)(H,52,65)(H,53,64)(H,55,56)(H,57,58)/t24?,26?,27-,28-,29-,30-,35+/m0/s1. The van der Waals surface area contributed by atoms with E-state index in [-0.39, 0.29) is 25.2 Å². The van der Waals surface area contributed by atoms with Gasteiger partial charge in [-0.3, -0.25) is 47.9 Å². The van der Waals surface area contributed by atoms with E-state index in [0.717, 1.165) is 0 Å². The Kier molecular flexibility index (Phi) is 22.8. The third-order valence-electron chi connectivity index (χ3n) is 10.2. The van der Waals surface area contributed by atoms with Crippen LogP contribution in [-0.2, 0) is 54.4 Å². The fraction of sp³-hybridized carbons (Fsp3) is 0.628. The summed E-state index contributed by atoms with van der Waals surface area (Å²) < 4.78 is 39.3. The largest absolute Gasteiger partial charge is 0.481 e. The Morgan fingerprint density at radius 1 is 0.662 bits per heavy atom. The van der Waals surface area contributed by atoms with Crippen LogP contribution in [0.15, 0.2) is 24.3 Å². The number of carbonyl (C=O) groups is 10. The van der Waals surface area contributed by atoms with Crippen LogP contribution in [0.4, 0.5) is 13.2 Å². The highest BCUT2D eigenvalue weighted by Gasteiger charge is 2.40. The number of carboxylic acids is 2. The number of aliphatic carboxylic acids is 2. The van der Waals surface area contributed by atoms with Gasteiger partial charge in [-0.1, -0.05) is 85.6 Å². The zero-order chi connectivity index (χ0) is 50.0. The maximum Gasteiger partial charge on any atom is 0.392 e. The van der Waals surface area contributed by atoms with Crippen molar-refractivity contribution in [3.05, 3.63) is 35.4 Å². The average molecular weight is 928 g/mol. The van der Waals surface area contributed by atoms with Gasteiger partial charge in [-0.15, -0.1) is 0 Å². The summed E-state index contributed by atoms with van der Waals surface area (Å²) in [5.74, 6) is -14.1. The van der Waals surface area contributed by atoms with Crippen LogP contribution in [-0.4, -0.2) is 112 Å². The number of carbonyl (C=O) groups excluding carboxylic acids is 8. The van der Waals surface area contributed by atoms with Crippen molar-refractivity contribution in [3.8, 4) is 0 Å². The maximum atomic E-state index is 14.3. The van der Waals surface area contributed by atoms with Crippen LogP contribution in [0.3, 0.4) is 0 Å². The van der Waals surface area contributed by atoms with Gasteiger partial charge in [0.05, 0.1) is 18.4 Å². The number of hydrogen-bond acceptors (Lipinski definition) is 10. The minimum Gasteiger partial charge on any atom is -0.481 e. The number of aryl methyl sites for hydroxylation is 1. The van der Waals surface area contributed by atoms with E-state index in [2.05, 4.69) is 26.6 Å². The van der Waals surface area contributed by atoms with E-state index in [1.54, 1.807) is 65.8 Å². The van der Waals surface area contributed by atoms with E-state index in [0.29, 0.717) is 30.9 Å². The summed E-state index contributed by atoms with van der Waals surface area (Å²) in [7, 11) is 0. The molecule has 19 nitrogen and oxygen atoms in total. The van der Waals surface area contributed by atoms with Crippen molar-refractivity contribution in [2.75, 3.05) is 0 Å². The number of halogens is 3. The molecule has 0 bridgehead atoms. The molecule has 1 aromatic carbocycles. The van der Waals surface area contributed by atoms with Crippen LogP contribution >= 0.6 is 0 Å². The van der Waals surface area contributed by atoms with Crippen molar-refractivity contribution < 1.29 is 71.3 Å². The molecule has 364 valence electrons. The zero-order valence-corrected chi connectivity index (χ0v) is 38.0. The molecule has 7 atom stereocenters. The van der Waals surface area contributed by atoms with Crippen molar-refractivity contribution in [2.24, 2.45) is 23.0 Å². The first-order chi connectivity index (χ1) is 30.0. The molecule has 0 saturated heterocycles. The molecular formula is C43H64F3N7O12. The fourth-order valence-corrected chi connectivity index (χ4v) is 6.38. The molecule has 0 aromatic heterocycles. The van der Waals surface area contributed by atoms with Gasteiger partial charge in [-0.2, -0.15) is 13.2 Å². The van der Waals surface area contributed by atoms with Gasteiger partial charge in [0.1, 0.15) is 30.2 Å². The number of primary amides is 1. The van der Waals surface area contributed by atoms with Gasteiger partial charge < -0.3 is 47.8 Å². The van der Waals surface area contributed by atoms with E-state index >= 15 is 0 Å². The molecule has 22 heteroatoms. The zero-order valence-electron chi connectivity index (χ0n) is 38.0. The number of ketones is 1. The van der Waals surface area contributed by atoms with E-state index < -0.39 is 139 Å². The Morgan fingerprint density at radius 3 is 1.69 bits per heavy atom. The van der Waals surface area contributed by atoms with Crippen molar-refractivity contribution in [3.63, 3.8) is 0 Å². The highest BCUT2D eigenvalue weighted by atomic mass is 19.4. The minimum absolute atomic E-state index is 0.0622. The first-order valence-electron chi connectivity index (χ1n) is 21.2. The summed E-state index contributed by atoms with van der Waals surface area (Å²) in [6.07, 6.45) is -7.45. The Labute approximate surface area is 375 Å². The number of carboxylic acid groups (broad SMARTS) is 2. The number of nitrogens with one attached hydrogen (secondary N) is 6. The van der Waals surface area contributed by atoms with Crippen molar-refractivity contribution >= 4 is 59.1 Å². The summed E-state index contributed by atoms with van der Waals surface area (Å²) in [4.78, 5) is 129. The monoisotopic (exact) mass is 927 g/mol. The van der Waals surface area contributed by atoms with E-state index in [4.69, 9.17) is 5.73 Å². The topological polar surface area (TPSA) is 309 Å². The fourth-order valence-electron chi connectivity index (χ4n) is 6.38. The predicted octanol–water partition coefficient (Wildman–Crippen LogP) is 1.71. The van der Waals surface area contributed by atoms with Crippen molar-refractivity contribution in [2.45, 2.75) is 156 Å². The molecule has 0 aliphatic carbocycles. The van der Waals surface area contributed by atoms with Crippen LogP contribution in [0.25, 0.3) is 0 Å². The lowest BCUT2D eigenvalue weighted by Gasteiger charge is -2.34. The van der Waals surface area contributed by atoms with E-state index in [9.17, 15) is 71.3 Å². The van der Waals surface area contributed by atoms with Crippen LogP contribution < -0.4 is 37.6 Å². The van der Waals surface area contributed by atoms with Crippen LogP contribution in [0, 0.1) is 24.2 Å². The van der Waals surface area contributed by atoms with E-state index in [1.807, 2.05) is 12.2 Å². The molecule has 0 spiro atoms. The third-order valence-corrected chi connectivity index (χ3v) is 10.2. The molecule has 1 rings (SSSR count). The second-order valence-corrected chi connectivity index (χ2v) is 17.5. The van der Waals surface area contributed by atoms with Gasteiger partial charge >= 0.3 is 18.1 Å². The summed E-state index contributed by atoms with van der Waals surface area (Å²) >= 11 is 0. The van der Waals surface area contributed by atoms with Crippen molar-refractivity contribution in [1.82, 2.24) is 31.9 Å². The maximum absolute atomic E-state index is 14.3. The minimum atomic E-state index is -4.79. The highest BCUT2D eigenvalue weighted by molar-refractivity contribution is 6.37. The third kappa shape index (κ3) is 20.5. The molecule has 0 saturated carbocycles. The summed E-state index contributed by atoms with van der Waals surface area (Å²) in [5, 5.41) is 33.2. The predicted molar refractivity (Wildman–Crippen MR) is 228 cm³/mol. The lowest BCUT2D eigenvalue weighted by atomic mass is 9.85. The summed E-state index contributed by atoms with van der Waals surface area (Å²) in [6.45, 7) is 12.6. The first-order valence-corrected chi connectivity index (χ1v) is 21.2. The molecule has 10 N–H and O–H groups in total. The molecule has 0 radical (unpaired) electrons. The molecule has 0 fully saturated rings. The van der Waals surface area contributed by atoms with E-state index in [1.165, 1.54) is 0 Å². The number of alkyl halides is 3. The Balaban J connectivity index is 3.61. The molecule has 65 heavy (non-hydrogen) atoms. The molecule has 0 aliphatic rings. The molecule has 7 amide bonds. The molecule has 2 unspecified atom stereocenters. The number of rotatable bonds is 27. The van der Waals surface area contributed by atoms with Crippen LogP contribution in [0.1, 0.15) is 111 Å². The summed E-state index contributed by atoms with van der Waals surface area (Å²) in [6, 6.07) is -2.61. The number of hydrogen-bond donors (Lipinski definition) is 9. The highest BCUT2D eigenvalue weighted by Crippen LogP contribution is 2.28. The Bertz CT molecular complexity index is 1890. The lowest BCUT2D eigenvalue weighted by molar-refractivity contribution is -0.174. The molecule has 0 heterocycles. The van der Waals surface area contributed by atoms with Gasteiger partial charge in [0.25, 0.3) is 5.91 Å². The first kappa shape index (κ1) is 56.9. The average Bonchev–Trinajstić information content (AvgIpc) is 3.17. The van der Waals surface area contributed by atoms with Gasteiger partial charge in [-0.25, -0.2) is 0 Å². The van der Waals surface area contributed by atoms with Crippen LogP contribution in [0.2, 0.25) is 0 Å². The molecular weight excluding hydrogens is 864 g/mol. The Morgan fingerprint density at radius 2 is 1.18 bits per heavy atom. The van der Waals surface area contributed by atoms with Gasteiger partial charge in [0.15, 0.2) is 0 Å². The molecule has 0 aliphatic heterocycles. The van der Waals surface area contributed by atoms with Gasteiger partial charge in [0.2, 0.25) is 41.2 Å². The van der Waals surface area contributed by atoms with Crippen molar-refractivity contribution in [1.29, 1.82) is 0 Å². The van der Waals surface area contributed by atoms with Gasteiger partial charge in [0, 0.05) is 19.3 Å². The number of nitrogens with two attached hydrogens (primary N) is 1. The normalized spacial score (nSPS) is 14.8. The lowest BCUT2D eigenvalue weighted by Crippen LogP contribution is -2.62. The van der Waals surface area contributed by atoms with Crippen LogP contribution in [0.5, 0.6) is 0 Å². The smallest absolute Gasteiger partial charge is 0.392 e. The second-order valence-electron chi connectivity index (χ2n) is 17.5. The quantitative estimate of drug-likeness (QED) is 0.0570. The SMILES string of the molecule is CCCCC(NC(=O)[C@H](CC(C)C)NC(=O)[C@@H](NC(=O)[C@H](Cc1ccccc1C)NC(=O)[C@H](CCC(=O)O)NC(=O)[C@H](CC(=O)O)NC(=O)CC(C)C(F)(F)F)C(C)(C)C)C(=O)C(N)=O. The number of Topliss-reactive ketones (excluding diaryl/α,β-unsaturated/α-hetero) is 1.